The van der Waals surface area contributed by atoms with Gasteiger partial charge in [-0.25, -0.2) is 0 Å². The third-order valence-corrected chi connectivity index (χ3v) is 6.55. The summed E-state index contributed by atoms with van der Waals surface area (Å²) < 4.78 is 9.80. The summed E-state index contributed by atoms with van der Waals surface area (Å²) in [5.74, 6) is -0.00664. The summed E-state index contributed by atoms with van der Waals surface area (Å²) in [5.41, 5.74) is 0.524. The Morgan fingerprint density at radius 3 is 3.08 bits per heavy atom. The molecule has 8 heteroatoms. The van der Waals surface area contributed by atoms with Crippen LogP contribution in [0.25, 0.3) is 0 Å². The predicted molar refractivity (Wildman–Crippen MR) is 98.0 cm³/mol. The van der Waals surface area contributed by atoms with Crippen molar-refractivity contribution in [1.29, 1.82) is 0 Å². The van der Waals surface area contributed by atoms with Gasteiger partial charge in [-0.1, -0.05) is 10.6 Å². The summed E-state index contributed by atoms with van der Waals surface area (Å²) in [6, 6.07) is 4.29. The molecule has 25 heavy (non-hydrogen) atoms. The lowest BCUT2D eigenvalue weighted by molar-refractivity contribution is 0.0641. The van der Waals surface area contributed by atoms with Crippen molar-refractivity contribution in [2.45, 2.75) is 19.9 Å². The van der Waals surface area contributed by atoms with Gasteiger partial charge in [0.25, 0.3) is 5.91 Å². The van der Waals surface area contributed by atoms with Crippen molar-refractivity contribution in [2.24, 2.45) is 5.41 Å². The molecule has 1 amide bonds. The third kappa shape index (κ3) is 3.62. The summed E-state index contributed by atoms with van der Waals surface area (Å²) >= 11 is 3.08. The average molecular weight is 379 g/mol. The Bertz CT molecular complexity index is 733. The highest BCUT2D eigenvalue weighted by Crippen LogP contribution is 2.35. The fourth-order valence-electron chi connectivity index (χ4n) is 3.78. The lowest BCUT2D eigenvalue weighted by atomic mass is 9.87. The molecule has 2 aromatic heterocycles. The standard InChI is InChI=1S/C17H22N4O2S2/c1-13-15(18-19-25-13)16(22)21-6-7-23-12-17(11-21)4-5-20(10-17)9-14-3-2-8-24-14/h2-3,8H,4-7,9-12H2,1H3. The van der Waals surface area contributed by atoms with Gasteiger partial charge in [0.1, 0.15) is 0 Å². The van der Waals surface area contributed by atoms with E-state index in [4.69, 9.17) is 4.74 Å². The molecule has 6 nitrogen and oxygen atoms in total. The molecule has 2 fully saturated rings. The van der Waals surface area contributed by atoms with E-state index in [1.165, 1.54) is 16.4 Å². The van der Waals surface area contributed by atoms with Crippen LogP contribution in [0, 0.1) is 12.3 Å². The minimum absolute atomic E-state index is 0.00664. The number of carbonyl (C=O) groups excluding carboxylic acids is 1. The lowest BCUT2D eigenvalue weighted by Gasteiger charge is -2.31. The van der Waals surface area contributed by atoms with Crippen LogP contribution in [0.4, 0.5) is 0 Å². The Kier molecular flexibility index (Phi) is 4.86. The normalized spacial score (nSPS) is 24.8. The van der Waals surface area contributed by atoms with Gasteiger partial charge in [0, 0.05) is 36.5 Å². The van der Waals surface area contributed by atoms with Crippen LogP contribution in [0.3, 0.4) is 0 Å². The number of aromatic nitrogens is 2. The minimum Gasteiger partial charge on any atom is -0.379 e. The highest BCUT2D eigenvalue weighted by molar-refractivity contribution is 7.09. The molecular formula is C17H22N4O2S2. The summed E-state index contributed by atoms with van der Waals surface area (Å²) in [4.78, 5) is 19.6. The SMILES string of the molecule is Cc1snnc1C(=O)N1CCOCC2(CCN(Cc3cccs3)C2)C1. The second-order valence-electron chi connectivity index (χ2n) is 7.00. The van der Waals surface area contributed by atoms with Gasteiger partial charge in [-0.2, -0.15) is 0 Å². The number of carbonyl (C=O) groups is 1. The number of hydrogen-bond acceptors (Lipinski definition) is 7. The number of amides is 1. The van der Waals surface area contributed by atoms with E-state index in [0.29, 0.717) is 18.8 Å². The van der Waals surface area contributed by atoms with Crippen LogP contribution in [0.15, 0.2) is 17.5 Å². The molecule has 2 saturated heterocycles. The van der Waals surface area contributed by atoms with E-state index in [1.54, 1.807) is 11.3 Å². The fraction of sp³-hybridized carbons (Fsp3) is 0.588. The van der Waals surface area contributed by atoms with E-state index in [2.05, 4.69) is 32.0 Å². The van der Waals surface area contributed by atoms with Crippen molar-refractivity contribution >= 4 is 28.8 Å². The molecule has 134 valence electrons. The Hall–Kier alpha value is -1.35. The highest BCUT2D eigenvalue weighted by atomic mass is 32.1. The predicted octanol–water partition coefficient (Wildman–Crippen LogP) is 2.27. The van der Waals surface area contributed by atoms with E-state index in [0.717, 1.165) is 44.1 Å². The van der Waals surface area contributed by atoms with E-state index in [-0.39, 0.29) is 11.3 Å². The number of aryl methyl sites for hydroxylation is 1. The molecule has 1 unspecified atom stereocenters. The van der Waals surface area contributed by atoms with E-state index < -0.39 is 0 Å². The number of ether oxygens (including phenoxy) is 1. The van der Waals surface area contributed by atoms with Crippen molar-refractivity contribution in [3.8, 4) is 0 Å². The molecule has 0 bridgehead atoms. The maximum absolute atomic E-state index is 12.9. The van der Waals surface area contributed by atoms with Gasteiger partial charge < -0.3 is 9.64 Å². The molecule has 1 atom stereocenters. The zero-order valence-electron chi connectivity index (χ0n) is 14.3. The molecule has 0 radical (unpaired) electrons. The van der Waals surface area contributed by atoms with Crippen molar-refractivity contribution in [2.75, 3.05) is 39.4 Å². The van der Waals surface area contributed by atoms with Crippen molar-refractivity contribution in [3.63, 3.8) is 0 Å². The Morgan fingerprint density at radius 1 is 1.40 bits per heavy atom. The first-order valence-corrected chi connectivity index (χ1v) is 10.2. The molecule has 2 aliphatic heterocycles. The largest absolute Gasteiger partial charge is 0.379 e. The molecule has 4 heterocycles. The van der Waals surface area contributed by atoms with Crippen LogP contribution >= 0.6 is 22.9 Å². The minimum atomic E-state index is -0.00664. The third-order valence-electron chi connectivity index (χ3n) is 5.06. The lowest BCUT2D eigenvalue weighted by Crippen LogP contribution is -2.43. The summed E-state index contributed by atoms with van der Waals surface area (Å²) in [6.07, 6.45) is 1.07. The smallest absolute Gasteiger partial charge is 0.275 e. The summed E-state index contributed by atoms with van der Waals surface area (Å²) in [6.45, 7) is 7.61. The zero-order valence-corrected chi connectivity index (χ0v) is 15.9. The molecule has 0 aromatic carbocycles. The van der Waals surface area contributed by atoms with Gasteiger partial charge in [-0.05, 0) is 42.9 Å². The second kappa shape index (κ2) is 7.11. The van der Waals surface area contributed by atoms with E-state index in [1.807, 2.05) is 11.8 Å². The first-order chi connectivity index (χ1) is 12.2. The van der Waals surface area contributed by atoms with Gasteiger partial charge in [0.15, 0.2) is 5.69 Å². The van der Waals surface area contributed by atoms with Gasteiger partial charge in [0.2, 0.25) is 0 Å². The maximum atomic E-state index is 12.9. The van der Waals surface area contributed by atoms with E-state index in [9.17, 15) is 4.79 Å². The molecule has 4 rings (SSSR count). The van der Waals surface area contributed by atoms with Crippen molar-refractivity contribution in [3.05, 3.63) is 33.0 Å². The highest BCUT2D eigenvalue weighted by Gasteiger charge is 2.42. The Labute approximate surface area is 155 Å². The van der Waals surface area contributed by atoms with Crippen LogP contribution < -0.4 is 0 Å². The first kappa shape index (κ1) is 17.1. The number of thiophene rings is 1. The number of rotatable bonds is 3. The Morgan fingerprint density at radius 2 is 2.32 bits per heavy atom. The van der Waals surface area contributed by atoms with Crippen LogP contribution in [-0.2, 0) is 11.3 Å². The van der Waals surface area contributed by atoms with Crippen molar-refractivity contribution < 1.29 is 9.53 Å². The topological polar surface area (TPSA) is 58.6 Å². The fourth-order valence-corrected chi connectivity index (χ4v) is 4.98. The number of nitrogens with zero attached hydrogens (tertiary/aromatic N) is 4. The first-order valence-electron chi connectivity index (χ1n) is 8.56. The molecular weight excluding hydrogens is 356 g/mol. The monoisotopic (exact) mass is 378 g/mol. The van der Waals surface area contributed by atoms with Crippen LogP contribution in [0.2, 0.25) is 0 Å². The van der Waals surface area contributed by atoms with Gasteiger partial charge in [-0.3, -0.25) is 9.69 Å². The number of likely N-dealkylation sites (tertiary alicyclic amines) is 1. The second-order valence-corrected chi connectivity index (χ2v) is 8.99. The molecule has 1 spiro atoms. The quantitative estimate of drug-likeness (QED) is 0.820. The molecule has 2 aliphatic rings. The molecule has 0 saturated carbocycles. The van der Waals surface area contributed by atoms with Gasteiger partial charge in [-0.15, -0.1) is 16.4 Å². The molecule has 2 aromatic rings. The van der Waals surface area contributed by atoms with Gasteiger partial charge in [0.05, 0.1) is 18.1 Å². The zero-order chi connectivity index (χ0) is 17.3. The summed E-state index contributed by atoms with van der Waals surface area (Å²) in [5, 5.41) is 6.15. The van der Waals surface area contributed by atoms with E-state index >= 15 is 0 Å². The average Bonchev–Trinajstić information content (AvgIpc) is 3.30. The summed E-state index contributed by atoms with van der Waals surface area (Å²) in [7, 11) is 0. The maximum Gasteiger partial charge on any atom is 0.275 e. The van der Waals surface area contributed by atoms with Crippen LogP contribution in [0.1, 0.15) is 26.7 Å². The van der Waals surface area contributed by atoms with Crippen LogP contribution in [-0.4, -0.2) is 64.7 Å². The van der Waals surface area contributed by atoms with Gasteiger partial charge >= 0.3 is 0 Å². The number of hydrogen-bond donors (Lipinski definition) is 0. The van der Waals surface area contributed by atoms with Crippen molar-refractivity contribution in [1.82, 2.24) is 19.4 Å². The Balaban J connectivity index is 1.46. The molecule has 0 N–H and O–H groups in total. The molecule has 0 aliphatic carbocycles. The van der Waals surface area contributed by atoms with Crippen LogP contribution in [0.5, 0.6) is 0 Å².